The summed E-state index contributed by atoms with van der Waals surface area (Å²) in [4.78, 5) is 0. The summed E-state index contributed by atoms with van der Waals surface area (Å²) >= 11 is 0. The zero-order valence-corrected chi connectivity index (χ0v) is 12.2. The number of nitrogens with zero attached hydrogens (tertiary/aromatic N) is 1. The molecule has 2 rings (SSSR count). The quantitative estimate of drug-likeness (QED) is 0.382. The standard InChI is InChI=1S/C17H19NO3/c1-13-7-8-16(11-14(13)2)20-9-10-21-17-6-4-3-5-15(17)12-18-19/h3-8,11-12,19H,9-10H2,1-2H3. The van der Waals surface area contributed by atoms with Crippen LogP contribution in [0, 0.1) is 13.8 Å². The van der Waals surface area contributed by atoms with Crippen LogP contribution in [0.25, 0.3) is 0 Å². The zero-order chi connectivity index (χ0) is 15.1. The normalized spacial score (nSPS) is 10.8. The van der Waals surface area contributed by atoms with Crippen molar-refractivity contribution in [3.8, 4) is 11.5 Å². The molecule has 0 atom stereocenters. The van der Waals surface area contributed by atoms with Gasteiger partial charge in [0.2, 0.25) is 0 Å². The van der Waals surface area contributed by atoms with Gasteiger partial charge >= 0.3 is 0 Å². The molecule has 0 aliphatic rings. The average molecular weight is 285 g/mol. The van der Waals surface area contributed by atoms with Crippen molar-refractivity contribution in [3.05, 3.63) is 59.2 Å². The Labute approximate surface area is 124 Å². The summed E-state index contributed by atoms with van der Waals surface area (Å²) in [5.41, 5.74) is 3.18. The lowest BCUT2D eigenvalue weighted by Crippen LogP contribution is -2.10. The SMILES string of the molecule is Cc1ccc(OCCOc2ccccc2C=NO)cc1C. The van der Waals surface area contributed by atoms with Crippen LogP contribution in [0.3, 0.4) is 0 Å². The number of ether oxygens (including phenoxy) is 2. The van der Waals surface area contributed by atoms with Crippen molar-refractivity contribution < 1.29 is 14.7 Å². The molecule has 2 aromatic rings. The minimum Gasteiger partial charge on any atom is -0.490 e. The molecule has 0 aromatic heterocycles. The Hall–Kier alpha value is -2.49. The van der Waals surface area contributed by atoms with Gasteiger partial charge in [-0.1, -0.05) is 23.4 Å². The first-order valence-corrected chi connectivity index (χ1v) is 6.80. The Kier molecular flexibility index (Phi) is 5.21. The lowest BCUT2D eigenvalue weighted by molar-refractivity contribution is 0.217. The molecule has 21 heavy (non-hydrogen) atoms. The van der Waals surface area contributed by atoms with Crippen LogP contribution >= 0.6 is 0 Å². The van der Waals surface area contributed by atoms with Crippen LogP contribution in [-0.4, -0.2) is 24.6 Å². The minimum atomic E-state index is 0.420. The first-order valence-electron chi connectivity index (χ1n) is 6.80. The summed E-state index contributed by atoms with van der Waals surface area (Å²) in [5.74, 6) is 1.51. The molecule has 0 fully saturated rings. The molecule has 0 radical (unpaired) electrons. The number of benzene rings is 2. The summed E-state index contributed by atoms with van der Waals surface area (Å²) in [5, 5.41) is 11.6. The van der Waals surface area contributed by atoms with E-state index < -0.39 is 0 Å². The molecule has 110 valence electrons. The van der Waals surface area contributed by atoms with Gasteiger partial charge in [-0.3, -0.25) is 0 Å². The van der Waals surface area contributed by atoms with Crippen LogP contribution in [0.1, 0.15) is 16.7 Å². The Morgan fingerprint density at radius 2 is 1.76 bits per heavy atom. The van der Waals surface area contributed by atoms with E-state index in [0.717, 1.165) is 11.3 Å². The molecular weight excluding hydrogens is 266 g/mol. The van der Waals surface area contributed by atoms with Crippen LogP contribution in [0.2, 0.25) is 0 Å². The topological polar surface area (TPSA) is 51.0 Å². The fourth-order valence-electron chi connectivity index (χ4n) is 1.90. The van der Waals surface area contributed by atoms with Crippen LogP contribution in [0.15, 0.2) is 47.6 Å². The smallest absolute Gasteiger partial charge is 0.128 e. The highest BCUT2D eigenvalue weighted by molar-refractivity contribution is 5.82. The number of rotatable bonds is 6. The van der Waals surface area contributed by atoms with Crippen molar-refractivity contribution >= 4 is 6.21 Å². The molecular formula is C17H19NO3. The van der Waals surface area contributed by atoms with Crippen LogP contribution in [-0.2, 0) is 0 Å². The highest BCUT2D eigenvalue weighted by Crippen LogP contribution is 2.17. The molecule has 0 heterocycles. The molecule has 4 heteroatoms. The van der Waals surface area contributed by atoms with Crippen LogP contribution < -0.4 is 9.47 Å². The minimum absolute atomic E-state index is 0.420. The lowest BCUT2D eigenvalue weighted by atomic mass is 10.1. The van der Waals surface area contributed by atoms with Gasteiger partial charge in [0.05, 0.1) is 6.21 Å². The lowest BCUT2D eigenvalue weighted by Gasteiger charge is -2.11. The molecule has 0 aliphatic heterocycles. The van der Waals surface area contributed by atoms with Gasteiger partial charge in [0.1, 0.15) is 24.7 Å². The van der Waals surface area contributed by atoms with Crippen LogP contribution in [0.4, 0.5) is 0 Å². The Morgan fingerprint density at radius 1 is 1.00 bits per heavy atom. The van der Waals surface area contributed by atoms with Gasteiger partial charge in [0.25, 0.3) is 0 Å². The fourth-order valence-corrected chi connectivity index (χ4v) is 1.90. The van der Waals surface area contributed by atoms with Crippen molar-refractivity contribution in [2.75, 3.05) is 13.2 Å². The molecule has 1 N–H and O–H groups in total. The Morgan fingerprint density at radius 3 is 2.52 bits per heavy atom. The van der Waals surface area contributed by atoms with Crippen molar-refractivity contribution in [2.24, 2.45) is 5.16 Å². The average Bonchev–Trinajstić information content (AvgIpc) is 2.49. The molecule has 0 saturated carbocycles. The number of hydrogen-bond donors (Lipinski definition) is 1. The van der Waals surface area contributed by atoms with Gasteiger partial charge in [0.15, 0.2) is 0 Å². The first kappa shape index (κ1) is 14.9. The number of para-hydroxylation sites is 1. The maximum atomic E-state index is 8.60. The van der Waals surface area contributed by atoms with Gasteiger partial charge in [-0.2, -0.15) is 0 Å². The molecule has 0 saturated heterocycles. The van der Waals surface area contributed by atoms with Gasteiger partial charge in [0, 0.05) is 5.56 Å². The Bertz CT molecular complexity index is 623. The van der Waals surface area contributed by atoms with Gasteiger partial charge in [-0.05, 0) is 49.2 Å². The molecule has 0 spiro atoms. The second kappa shape index (κ2) is 7.33. The predicted octanol–water partition coefficient (Wildman–Crippen LogP) is 3.57. The fraction of sp³-hybridized carbons (Fsp3) is 0.235. The van der Waals surface area contributed by atoms with Crippen molar-refractivity contribution in [1.29, 1.82) is 0 Å². The summed E-state index contributed by atoms with van der Waals surface area (Å²) in [6, 6.07) is 13.4. The van der Waals surface area contributed by atoms with Crippen molar-refractivity contribution in [1.82, 2.24) is 0 Å². The maximum absolute atomic E-state index is 8.60. The summed E-state index contributed by atoms with van der Waals surface area (Å²) < 4.78 is 11.3. The monoisotopic (exact) mass is 285 g/mol. The third-order valence-corrected chi connectivity index (χ3v) is 3.20. The van der Waals surface area contributed by atoms with E-state index in [1.807, 2.05) is 42.5 Å². The van der Waals surface area contributed by atoms with E-state index in [4.69, 9.17) is 14.7 Å². The van der Waals surface area contributed by atoms with E-state index in [1.54, 1.807) is 0 Å². The molecule has 0 aliphatic carbocycles. The summed E-state index contributed by atoms with van der Waals surface area (Å²) in [7, 11) is 0. The molecule has 4 nitrogen and oxygen atoms in total. The van der Waals surface area contributed by atoms with Crippen molar-refractivity contribution in [3.63, 3.8) is 0 Å². The van der Waals surface area contributed by atoms with E-state index in [0.29, 0.717) is 19.0 Å². The van der Waals surface area contributed by atoms with Crippen molar-refractivity contribution in [2.45, 2.75) is 13.8 Å². The number of hydrogen-bond acceptors (Lipinski definition) is 4. The van der Waals surface area contributed by atoms with E-state index in [-0.39, 0.29) is 0 Å². The second-order valence-corrected chi connectivity index (χ2v) is 4.73. The number of oxime groups is 1. The van der Waals surface area contributed by atoms with E-state index in [9.17, 15) is 0 Å². The van der Waals surface area contributed by atoms with E-state index >= 15 is 0 Å². The van der Waals surface area contributed by atoms with Gasteiger partial charge < -0.3 is 14.7 Å². The highest BCUT2D eigenvalue weighted by atomic mass is 16.5. The van der Waals surface area contributed by atoms with Gasteiger partial charge in [-0.15, -0.1) is 0 Å². The third kappa shape index (κ3) is 4.24. The predicted molar refractivity (Wildman–Crippen MR) is 82.7 cm³/mol. The summed E-state index contributed by atoms with van der Waals surface area (Å²) in [6.45, 7) is 5.00. The maximum Gasteiger partial charge on any atom is 0.128 e. The Balaban J connectivity index is 1.86. The van der Waals surface area contributed by atoms with E-state index in [1.165, 1.54) is 17.3 Å². The molecule has 0 unspecified atom stereocenters. The van der Waals surface area contributed by atoms with E-state index in [2.05, 4.69) is 19.0 Å². The third-order valence-electron chi connectivity index (χ3n) is 3.20. The molecule has 0 amide bonds. The summed E-state index contributed by atoms with van der Waals surface area (Å²) in [6.07, 6.45) is 1.35. The highest BCUT2D eigenvalue weighted by Gasteiger charge is 2.01. The zero-order valence-electron chi connectivity index (χ0n) is 12.2. The van der Waals surface area contributed by atoms with Crippen LogP contribution in [0.5, 0.6) is 11.5 Å². The van der Waals surface area contributed by atoms with Gasteiger partial charge in [-0.25, -0.2) is 0 Å². The first-order chi connectivity index (χ1) is 10.2. The number of aryl methyl sites for hydroxylation is 2. The molecule has 0 bridgehead atoms. The second-order valence-electron chi connectivity index (χ2n) is 4.73. The largest absolute Gasteiger partial charge is 0.490 e. The molecule has 2 aromatic carbocycles.